The molecule has 0 aliphatic rings. The Kier molecular flexibility index (Phi) is 4.84. The highest BCUT2D eigenvalue weighted by atomic mass is 16.5. The molecular formula is C30H25N3O. The van der Waals surface area contributed by atoms with Crippen LogP contribution in [0.5, 0.6) is 11.5 Å². The predicted octanol–water partition coefficient (Wildman–Crippen LogP) is 7.51. The summed E-state index contributed by atoms with van der Waals surface area (Å²) >= 11 is 0. The first-order valence-electron chi connectivity index (χ1n) is 11.4. The number of fused-ring (bicyclic) bond motifs is 2. The molecule has 4 nitrogen and oxygen atoms in total. The summed E-state index contributed by atoms with van der Waals surface area (Å²) in [5, 5.41) is 2.42. The molecule has 4 aromatic carbocycles. The van der Waals surface area contributed by atoms with Crippen LogP contribution < -0.4 is 10.5 Å². The van der Waals surface area contributed by atoms with Gasteiger partial charge in [-0.2, -0.15) is 0 Å². The Balaban J connectivity index is 1.60. The van der Waals surface area contributed by atoms with Gasteiger partial charge in [-0.3, -0.25) is 0 Å². The molecule has 6 aromatic rings. The van der Waals surface area contributed by atoms with Gasteiger partial charge in [0.15, 0.2) is 0 Å². The Morgan fingerprint density at radius 3 is 2.12 bits per heavy atom. The number of ether oxygens (including phenoxy) is 1. The number of hydrogen-bond acceptors (Lipinski definition) is 2. The first-order valence-corrected chi connectivity index (χ1v) is 11.4. The molecule has 6 rings (SSSR count). The third kappa shape index (κ3) is 3.32. The average molecular weight is 444 g/mol. The lowest BCUT2D eigenvalue weighted by Crippen LogP contribution is -2.07. The number of aromatic amines is 2. The van der Waals surface area contributed by atoms with Crippen LogP contribution in [0, 0.1) is 6.92 Å². The van der Waals surface area contributed by atoms with E-state index < -0.39 is 0 Å². The quantitative estimate of drug-likeness (QED) is 0.241. The minimum Gasteiger partial charge on any atom is -0.455 e. The number of nitrogens with two attached hydrogens (primary N) is 1. The largest absolute Gasteiger partial charge is 0.455 e. The number of benzene rings is 4. The summed E-state index contributed by atoms with van der Waals surface area (Å²) in [5.41, 5.74) is 13.7. The number of nitrogens with one attached hydrogen (secondary N) is 2. The maximum Gasteiger partial charge on any atom is 0.150 e. The van der Waals surface area contributed by atoms with Gasteiger partial charge in [0.05, 0.1) is 11.6 Å². The summed E-state index contributed by atoms with van der Waals surface area (Å²) in [6.45, 7) is 2.19. The van der Waals surface area contributed by atoms with Crippen LogP contribution in [0.1, 0.15) is 28.3 Å². The summed E-state index contributed by atoms with van der Waals surface area (Å²) in [4.78, 5) is 7.19. The lowest BCUT2D eigenvalue weighted by molar-refractivity contribution is 0.477. The van der Waals surface area contributed by atoms with Crippen LogP contribution in [0.15, 0.2) is 103 Å². The monoisotopic (exact) mass is 443 g/mol. The van der Waals surface area contributed by atoms with Gasteiger partial charge < -0.3 is 20.4 Å². The van der Waals surface area contributed by atoms with Gasteiger partial charge in [0.1, 0.15) is 11.5 Å². The van der Waals surface area contributed by atoms with Crippen molar-refractivity contribution < 1.29 is 4.74 Å². The van der Waals surface area contributed by atoms with Crippen molar-refractivity contribution in [2.24, 2.45) is 0 Å². The highest BCUT2D eigenvalue weighted by molar-refractivity contribution is 5.88. The number of nitrogen functional groups attached to an aromatic ring is 1. The lowest BCUT2D eigenvalue weighted by atomic mass is 9.86. The molecule has 4 heteroatoms. The molecule has 34 heavy (non-hydrogen) atoms. The second-order valence-electron chi connectivity index (χ2n) is 8.61. The van der Waals surface area contributed by atoms with E-state index in [2.05, 4.69) is 83.8 Å². The molecule has 0 aliphatic carbocycles. The number of para-hydroxylation sites is 5. The van der Waals surface area contributed by atoms with E-state index >= 15 is 0 Å². The van der Waals surface area contributed by atoms with Crippen LogP contribution in [0.4, 0.5) is 5.69 Å². The van der Waals surface area contributed by atoms with Crippen molar-refractivity contribution in [1.29, 1.82) is 0 Å². The molecule has 0 aliphatic heterocycles. The summed E-state index contributed by atoms with van der Waals surface area (Å²) in [5.74, 6) is 1.37. The zero-order valence-electron chi connectivity index (χ0n) is 18.9. The number of hydrogen-bond donors (Lipinski definition) is 3. The van der Waals surface area contributed by atoms with E-state index in [-0.39, 0.29) is 5.92 Å². The molecule has 0 radical (unpaired) electrons. The Morgan fingerprint density at radius 1 is 0.676 bits per heavy atom. The van der Waals surface area contributed by atoms with E-state index in [1.165, 1.54) is 21.9 Å². The molecule has 1 atom stereocenters. The van der Waals surface area contributed by atoms with Crippen molar-refractivity contribution in [3.05, 3.63) is 126 Å². The van der Waals surface area contributed by atoms with Crippen LogP contribution in [0.2, 0.25) is 0 Å². The fourth-order valence-electron chi connectivity index (χ4n) is 4.91. The molecule has 0 saturated heterocycles. The van der Waals surface area contributed by atoms with Gasteiger partial charge in [-0.1, -0.05) is 66.7 Å². The van der Waals surface area contributed by atoms with Crippen LogP contribution in [-0.4, -0.2) is 9.97 Å². The number of aromatic nitrogens is 2. The molecule has 0 spiro atoms. The zero-order chi connectivity index (χ0) is 23.1. The highest BCUT2D eigenvalue weighted by Crippen LogP contribution is 2.43. The highest BCUT2D eigenvalue weighted by Gasteiger charge is 2.27. The minimum absolute atomic E-state index is 0.0651. The van der Waals surface area contributed by atoms with Crippen molar-refractivity contribution >= 4 is 27.5 Å². The number of rotatable bonds is 5. The second-order valence-corrected chi connectivity index (χ2v) is 8.61. The van der Waals surface area contributed by atoms with Gasteiger partial charge in [0.25, 0.3) is 0 Å². The topological polar surface area (TPSA) is 66.8 Å². The molecule has 2 aromatic heterocycles. The Labute approximate surface area is 198 Å². The van der Waals surface area contributed by atoms with Gasteiger partial charge in [-0.25, -0.2) is 0 Å². The van der Waals surface area contributed by atoms with E-state index in [0.29, 0.717) is 11.4 Å². The predicted molar refractivity (Wildman–Crippen MR) is 140 cm³/mol. The van der Waals surface area contributed by atoms with Crippen LogP contribution >= 0.6 is 0 Å². The number of aryl methyl sites for hydroxylation is 1. The maximum absolute atomic E-state index is 6.42. The normalized spacial score (nSPS) is 12.3. The number of H-pyrrole nitrogens is 2. The standard InChI is InChI=1S/C30H25N3O/c1-19-20-10-2-7-15-26(20)33-30(19)29(23-18-32-25-14-6-3-11-21(23)25)22-12-4-8-16-27(22)34-28-17-9-5-13-24(28)31/h2-18,29,32-33H,31H2,1H3/t29-/m0/s1. The third-order valence-electron chi connectivity index (χ3n) is 6.59. The zero-order valence-corrected chi connectivity index (χ0v) is 18.9. The summed E-state index contributed by atoms with van der Waals surface area (Å²) < 4.78 is 6.42. The lowest BCUT2D eigenvalue weighted by Gasteiger charge is -2.21. The molecule has 4 N–H and O–H groups in total. The first kappa shape index (κ1) is 20.2. The smallest absolute Gasteiger partial charge is 0.150 e. The molecule has 2 heterocycles. The van der Waals surface area contributed by atoms with Crippen molar-refractivity contribution in [3.8, 4) is 11.5 Å². The SMILES string of the molecule is Cc1c([C@@H](c2ccccc2Oc2ccccc2N)c2c[nH]c3ccccc23)[nH]c2ccccc12. The van der Waals surface area contributed by atoms with Gasteiger partial charge in [0, 0.05) is 39.3 Å². The Hall–Kier alpha value is -4.44. The van der Waals surface area contributed by atoms with Crippen molar-refractivity contribution in [2.45, 2.75) is 12.8 Å². The molecule has 0 saturated carbocycles. The van der Waals surface area contributed by atoms with Crippen LogP contribution in [0.3, 0.4) is 0 Å². The van der Waals surface area contributed by atoms with E-state index in [1.807, 2.05) is 36.4 Å². The second kappa shape index (κ2) is 8.16. The van der Waals surface area contributed by atoms with Crippen LogP contribution in [0.25, 0.3) is 21.8 Å². The van der Waals surface area contributed by atoms with Gasteiger partial charge in [-0.05, 0) is 48.4 Å². The van der Waals surface area contributed by atoms with Gasteiger partial charge in [-0.15, -0.1) is 0 Å². The summed E-state index contributed by atoms with van der Waals surface area (Å²) in [6.07, 6.45) is 2.12. The van der Waals surface area contributed by atoms with Crippen molar-refractivity contribution in [3.63, 3.8) is 0 Å². The van der Waals surface area contributed by atoms with Crippen LogP contribution in [-0.2, 0) is 0 Å². The molecular weight excluding hydrogens is 418 g/mol. The number of anilines is 1. The minimum atomic E-state index is -0.0651. The fraction of sp³-hybridized carbons (Fsp3) is 0.0667. The van der Waals surface area contributed by atoms with Gasteiger partial charge in [0.2, 0.25) is 0 Å². The summed E-state index contributed by atoms with van der Waals surface area (Å²) in [7, 11) is 0. The molecule has 0 bridgehead atoms. The average Bonchev–Trinajstić information content (AvgIpc) is 3.44. The molecule has 0 fully saturated rings. The van der Waals surface area contributed by atoms with E-state index in [9.17, 15) is 0 Å². The maximum atomic E-state index is 6.42. The van der Waals surface area contributed by atoms with Gasteiger partial charge >= 0.3 is 0 Å². The molecule has 0 amide bonds. The van der Waals surface area contributed by atoms with E-state index in [4.69, 9.17) is 10.5 Å². The van der Waals surface area contributed by atoms with Crippen molar-refractivity contribution in [1.82, 2.24) is 9.97 Å². The fourth-order valence-corrected chi connectivity index (χ4v) is 4.91. The first-order chi connectivity index (χ1) is 16.7. The molecule has 0 unspecified atom stereocenters. The molecule has 166 valence electrons. The Bertz CT molecular complexity index is 1630. The van der Waals surface area contributed by atoms with Crippen molar-refractivity contribution in [2.75, 3.05) is 5.73 Å². The van der Waals surface area contributed by atoms with E-state index in [1.54, 1.807) is 0 Å². The third-order valence-corrected chi connectivity index (χ3v) is 6.59. The Morgan fingerprint density at radius 2 is 1.32 bits per heavy atom. The summed E-state index contributed by atoms with van der Waals surface area (Å²) in [6, 6.07) is 32.7. The van der Waals surface area contributed by atoms with E-state index in [0.717, 1.165) is 28.0 Å².